The van der Waals surface area contributed by atoms with Crippen LogP contribution in [0, 0.1) is 0 Å². The van der Waals surface area contributed by atoms with Gasteiger partial charge in [0, 0.05) is 11.4 Å². The first kappa shape index (κ1) is 13.0. The van der Waals surface area contributed by atoms with Crippen molar-refractivity contribution in [2.75, 3.05) is 4.72 Å². The van der Waals surface area contributed by atoms with Crippen molar-refractivity contribution in [1.82, 2.24) is 4.98 Å². The summed E-state index contributed by atoms with van der Waals surface area (Å²) < 4.78 is 27.3. The van der Waals surface area contributed by atoms with E-state index in [1.54, 1.807) is 12.3 Å². The van der Waals surface area contributed by atoms with Gasteiger partial charge in [0.15, 0.2) is 5.13 Å². The highest BCUT2D eigenvalue weighted by molar-refractivity contribution is 9.11. The molecule has 0 atom stereocenters. The van der Waals surface area contributed by atoms with E-state index in [0.717, 1.165) is 20.0 Å². The molecule has 92 valence electrons. The number of halogens is 1. The van der Waals surface area contributed by atoms with Crippen LogP contribution in [0.25, 0.3) is 0 Å². The van der Waals surface area contributed by atoms with Gasteiger partial charge in [-0.05, 0) is 28.1 Å². The maximum Gasteiger partial charge on any atom is 0.273 e. The molecule has 0 unspecified atom stereocenters. The topological polar surface area (TPSA) is 85.1 Å². The third-order valence-electron chi connectivity index (χ3n) is 1.80. The van der Waals surface area contributed by atoms with Crippen molar-refractivity contribution in [3.05, 3.63) is 27.0 Å². The van der Waals surface area contributed by atoms with Gasteiger partial charge in [0.2, 0.25) is 0 Å². The summed E-state index contributed by atoms with van der Waals surface area (Å²) in [5, 5.41) is 0.333. The normalized spacial score (nSPS) is 11.6. The van der Waals surface area contributed by atoms with Crippen molar-refractivity contribution in [3.8, 4) is 0 Å². The third kappa shape index (κ3) is 3.05. The lowest BCUT2D eigenvalue weighted by atomic mass is 10.5. The Morgan fingerprint density at radius 2 is 2.18 bits per heavy atom. The third-order valence-corrected chi connectivity index (χ3v) is 6.26. The van der Waals surface area contributed by atoms with E-state index in [1.807, 2.05) is 0 Å². The molecule has 17 heavy (non-hydrogen) atoms. The SMILES string of the molecule is NCc1ccc(S(=O)(=O)Nc2ncc(Br)s2)s1. The van der Waals surface area contributed by atoms with Crippen LogP contribution in [-0.2, 0) is 16.6 Å². The number of aromatic nitrogens is 1. The number of sulfonamides is 1. The molecule has 0 saturated carbocycles. The fraction of sp³-hybridized carbons (Fsp3) is 0.125. The fourth-order valence-electron chi connectivity index (χ4n) is 1.08. The lowest BCUT2D eigenvalue weighted by Gasteiger charge is -2.01. The monoisotopic (exact) mass is 353 g/mol. The Morgan fingerprint density at radius 1 is 1.41 bits per heavy atom. The molecule has 0 amide bonds. The van der Waals surface area contributed by atoms with Gasteiger partial charge in [-0.2, -0.15) is 0 Å². The Balaban J connectivity index is 2.24. The van der Waals surface area contributed by atoms with Crippen LogP contribution in [-0.4, -0.2) is 13.4 Å². The lowest BCUT2D eigenvalue weighted by Crippen LogP contribution is -2.10. The number of thiazole rings is 1. The zero-order valence-electron chi connectivity index (χ0n) is 8.38. The summed E-state index contributed by atoms with van der Waals surface area (Å²) >= 11 is 5.59. The van der Waals surface area contributed by atoms with E-state index >= 15 is 0 Å². The van der Waals surface area contributed by atoms with Gasteiger partial charge in [-0.1, -0.05) is 11.3 Å². The van der Waals surface area contributed by atoms with Gasteiger partial charge in [0.05, 0.1) is 9.98 Å². The second kappa shape index (κ2) is 5.02. The van der Waals surface area contributed by atoms with Gasteiger partial charge < -0.3 is 5.73 Å². The van der Waals surface area contributed by atoms with Crippen LogP contribution in [0.4, 0.5) is 5.13 Å². The standard InChI is InChI=1S/C8H8BrN3O2S3/c9-6-4-11-8(16-6)12-17(13,14)7-2-1-5(3-10)15-7/h1-2,4H,3,10H2,(H,11,12). The molecule has 0 aliphatic rings. The van der Waals surface area contributed by atoms with Gasteiger partial charge >= 0.3 is 0 Å². The molecule has 0 aliphatic carbocycles. The predicted octanol–water partition coefficient (Wildman–Crippen LogP) is 2.23. The highest BCUT2D eigenvalue weighted by Crippen LogP contribution is 2.27. The zero-order chi connectivity index (χ0) is 12.5. The average molecular weight is 354 g/mol. The summed E-state index contributed by atoms with van der Waals surface area (Å²) in [7, 11) is -3.55. The number of anilines is 1. The molecular weight excluding hydrogens is 346 g/mol. The number of thiophene rings is 1. The van der Waals surface area contributed by atoms with E-state index < -0.39 is 10.0 Å². The van der Waals surface area contributed by atoms with E-state index in [9.17, 15) is 8.42 Å². The first-order valence-corrected chi connectivity index (χ1v) is 8.35. The van der Waals surface area contributed by atoms with E-state index in [2.05, 4.69) is 25.6 Å². The number of hydrogen-bond donors (Lipinski definition) is 2. The second-order valence-electron chi connectivity index (χ2n) is 3.00. The number of rotatable bonds is 4. The van der Waals surface area contributed by atoms with Crippen LogP contribution in [0.5, 0.6) is 0 Å². The Labute approximate surface area is 115 Å². The van der Waals surface area contributed by atoms with Crippen LogP contribution in [0.3, 0.4) is 0 Å². The van der Waals surface area contributed by atoms with Crippen LogP contribution in [0.15, 0.2) is 26.3 Å². The van der Waals surface area contributed by atoms with Crippen molar-refractivity contribution < 1.29 is 8.42 Å². The van der Waals surface area contributed by atoms with Gasteiger partial charge in [-0.25, -0.2) is 13.4 Å². The molecule has 0 aliphatic heterocycles. The molecule has 0 fully saturated rings. The minimum Gasteiger partial charge on any atom is -0.326 e. The predicted molar refractivity (Wildman–Crippen MR) is 72.8 cm³/mol. The molecule has 3 N–H and O–H groups in total. The Kier molecular flexibility index (Phi) is 3.83. The first-order valence-electron chi connectivity index (χ1n) is 4.44. The molecule has 5 nitrogen and oxygen atoms in total. The quantitative estimate of drug-likeness (QED) is 0.882. The molecule has 0 aromatic carbocycles. The summed E-state index contributed by atoms with van der Waals surface area (Å²) in [4.78, 5) is 4.74. The van der Waals surface area contributed by atoms with Crippen LogP contribution < -0.4 is 10.5 Å². The van der Waals surface area contributed by atoms with Crippen molar-refractivity contribution in [2.24, 2.45) is 5.73 Å². The minimum absolute atomic E-state index is 0.240. The number of nitrogens with one attached hydrogen (secondary N) is 1. The fourth-order valence-corrected chi connectivity index (χ4v) is 4.66. The maximum atomic E-state index is 11.9. The van der Waals surface area contributed by atoms with E-state index in [1.165, 1.54) is 17.4 Å². The smallest absolute Gasteiger partial charge is 0.273 e. The highest BCUT2D eigenvalue weighted by atomic mass is 79.9. The Bertz CT molecular complexity index is 620. The summed E-state index contributed by atoms with van der Waals surface area (Å²) in [6, 6.07) is 3.24. The van der Waals surface area contributed by atoms with Crippen LogP contribution >= 0.6 is 38.6 Å². The Hall–Kier alpha value is -0.480. The van der Waals surface area contributed by atoms with Crippen LogP contribution in [0.1, 0.15) is 4.88 Å². The van der Waals surface area contributed by atoms with E-state index in [4.69, 9.17) is 5.73 Å². The maximum absolute atomic E-state index is 11.9. The lowest BCUT2D eigenvalue weighted by molar-refractivity contribution is 0.603. The molecule has 0 spiro atoms. The minimum atomic E-state index is -3.55. The largest absolute Gasteiger partial charge is 0.326 e. The molecule has 0 saturated heterocycles. The molecule has 2 rings (SSSR count). The molecule has 2 aromatic heterocycles. The molecule has 2 heterocycles. The van der Waals surface area contributed by atoms with Crippen molar-refractivity contribution in [1.29, 1.82) is 0 Å². The molecular formula is C8H8BrN3O2S3. The molecule has 9 heteroatoms. The number of nitrogens with zero attached hydrogens (tertiary/aromatic N) is 1. The highest BCUT2D eigenvalue weighted by Gasteiger charge is 2.18. The number of nitrogens with two attached hydrogens (primary N) is 1. The summed E-state index contributed by atoms with van der Waals surface area (Å²) in [5.74, 6) is 0. The van der Waals surface area contributed by atoms with Gasteiger partial charge in [0.1, 0.15) is 4.21 Å². The van der Waals surface area contributed by atoms with Crippen LogP contribution in [0.2, 0.25) is 0 Å². The Morgan fingerprint density at radius 3 is 2.71 bits per heavy atom. The number of hydrogen-bond acceptors (Lipinski definition) is 6. The zero-order valence-corrected chi connectivity index (χ0v) is 12.4. The average Bonchev–Trinajstić information content (AvgIpc) is 2.86. The summed E-state index contributed by atoms with van der Waals surface area (Å²) in [5.41, 5.74) is 5.44. The van der Waals surface area contributed by atoms with Crippen molar-refractivity contribution in [3.63, 3.8) is 0 Å². The van der Waals surface area contributed by atoms with Gasteiger partial charge in [-0.15, -0.1) is 11.3 Å². The van der Waals surface area contributed by atoms with Gasteiger partial charge in [-0.3, -0.25) is 4.72 Å². The van der Waals surface area contributed by atoms with E-state index in [0.29, 0.717) is 11.7 Å². The first-order chi connectivity index (χ1) is 8.01. The molecule has 0 bridgehead atoms. The summed E-state index contributed by atoms with van der Waals surface area (Å²) in [6.07, 6.45) is 1.54. The molecule has 2 aromatic rings. The summed E-state index contributed by atoms with van der Waals surface area (Å²) in [6.45, 7) is 0.336. The molecule has 0 radical (unpaired) electrons. The van der Waals surface area contributed by atoms with Gasteiger partial charge in [0.25, 0.3) is 10.0 Å². The second-order valence-corrected chi connectivity index (χ2v) is 8.49. The van der Waals surface area contributed by atoms with Crippen molar-refractivity contribution in [2.45, 2.75) is 10.8 Å². The van der Waals surface area contributed by atoms with E-state index in [-0.39, 0.29) is 4.21 Å². The van der Waals surface area contributed by atoms with Crippen molar-refractivity contribution >= 4 is 53.8 Å².